The number of morpholine rings is 1. The number of hydrogen-bond acceptors (Lipinski definition) is 5. The highest BCUT2D eigenvalue weighted by Crippen LogP contribution is 2.36. The van der Waals surface area contributed by atoms with Gasteiger partial charge in [0.25, 0.3) is 0 Å². The highest BCUT2D eigenvalue weighted by Gasteiger charge is 2.25. The molecule has 0 spiro atoms. The maximum Gasteiger partial charge on any atom is 0.239 e. The number of ether oxygens (including phenoxy) is 2. The lowest BCUT2D eigenvalue weighted by Gasteiger charge is -2.27. The Kier molecular flexibility index (Phi) is 8.49. The molecule has 200 valence electrons. The summed E-state index contributed by atoms with van der Waals surface area (Å²) >= 11 is 0. The summed E-state index contributed by atoms with van der Waals surface area (Å²) in [6.07, 6.45) is 6.13. The van der Waals surface area contributed by atoms with Gasteiger partial charge in [0.1, 0.15) is 17.3 Å². The van der Waals surface area contributed by atoms with Crippen molar-refractivity contribution in [2.24, 2.45) is 11.1 Å². The van der Waals surface area contributed by atoms with Gasteiger partial charge in [-0.2, -0.15) is 0 Å². The first-order valence-electron chi connectivity index (χ1n) is 13.3. The van der Waals surface area contributed by atoms with Gasteiger partial charge in [0.05, 0.1) is 13.2 Å². The van der Waals surface area contributed by atoms with Crippen LogP contribution >= 0.6 is 0 Å². The zero-order valence-electron chi connectivity index (χ0n) is 22.4. The number of sulfonamides is 1. The predicted molar refractivity (Wildman–Crippen MR) is 144 cm³/mol. The van der Waals surface area contributed by atoms with Crippen LogP contribution in [0.15, 0.2) is 29.2 Å². The summed E-state index contributed by atoms with van der Waals surface area (Å²) in [5.41, 5.74) is 3.65. The Hall–Kier alpha value is -1.87. The quantitative estimate of drug-likeness (QED) is 0.549. The number of hydrogen-bond donors (Lipinski definition) is 1. The van der Waals surface area contributed by atoms with Crippen LogP contribution in [0.1, 0.15) is 64.1 Å². The second kappa shape index (κ2) is 11.3. The van der Waals surface area contributed by atoms with Crippen molar-refractivity contribution < 1.29 is 17.9 Å². The third kappa shape index (κ3) is 6.71. The molecule has 2 aromatic rings. The van der Waals surface area contributed by atoms with Gasteiger partial charge in [-0.15, -0.1) is 0 Å². The van der Waals surface area contributed by atoms with E-state index >= 15 is 0 Å². The van der Waals surface area contributed by atoms with Crippen molar-refractivity contribution in [2.75, 3.05) is 39.5 Å². The Bertz CT molecular complexity index is 1140. The van der Waals surface area contributed by atoms with Crippen LogP contribution in [0.5, 0.6) is 5.75 Å². The van der Waals surface area contributed by atoms with Crippen LogP contribution in [-0.2, 0) is 26.7 Å². The normalized spacial score (nSPS) is 18.5. The highest BCUT2D eigenvalue weighted by atomic mass is 32.2. The van der Waals surface area contributed by atoms with Crippen LogP contribution in [-0.4, -0.2) is 57.3 Å². The van der Waals surface area contributed by atoms with E-state index in [2.05, 4.69) is 42.4 Å². The van der Waals surface area contributed by atoms with E-state index in [4.69, 9.17) is 14.6 Å². The number of aromatic nitrogens is 1. The molecule has 4 rings (SSSR count). The monoisotopic (exact) mass is 517 g/mol. The van der Waals surface area contributed by atoms with Crippen molar-refractivity contribution in [1.29, 1.82) is 0 Å². The molecular formula is C28H43N3O4S. The van der Waals surface area contributed by atoms with Crippen molar-refractivity contribution >= 4 is 10.0 Å². The fraction of sp³-hybridized carbons (Fsp3) is 0.643. The van der Waals surface area contributed by atoms with Gasteiger partial charge in [-0.3, -0.25) is 4.90 Å². The molecule has 0 amide bonds. The number of benzene rings is 1. The van der Waals surface area contributed by atoms with Gasteiger partial charge in [-0.25, -0.2) is 13.6 Å². The molecule has 8 heteroatoms. The van der Waals surface area contributed by atoms with Crippen molar-refractivity contribution in [3.63, 3.8) is 0 Å². The molecule has 2 fully saturated rings. The highest BCUT2D eigenvalue weighted by molar-refractivity contribution is 7.89. The summed E-state index contributed by atoms with van der Waals surface area (Å²) in [7, 11) is -3.83. The Morgan fingerprint density at radius 3 is 2.39 bits per heavy atom. The van der Waals surface area contributed by atoms with Gasteiger partial charge in [-0.05, 0) is 60.9 Å². The van der Waals surface area contributed by atoms with E-state index in [-0.39, 0.29) is 10.3 Å². The van der Waals surface area contributed by atoms with Crippen LogP contribution in [0.2, 0.25) is 0 Å². The summed E-state index contributed by atoms with van der Waals surface area (Å²) in [5.74, 6) is 1.36. The van der Waals surface area contributed by atoms with Crippen LogP contribution < -0.4 is 9.88 Å². The van der Waals surface area contributed by atoms with Gasteiger partial charge < -0.3 is 14.0 Å². The molecule has 0 radical (unpaired) electrons. The average molecular weight is 518 g/mol. The van der Waals surface area contributed by atoms with Crippen molar-refractivity contribution in [1.82, 2.24) is 9.47 Å². The molecule has 1 saturated heterocycles. The van der Waals surface area contributed by atoms with Gasteiger partial charge >= 0.3 is 0 Å². The second-order valence-electron chi connectivity index (χ2n) is 11.4. The van der Waals surface area contributed by atoms with E-state index < -0.39 is 10.0 Å². The first-order chi connectivity index (χ1) is 17.0. The lowest BCUT2D eigenvalue weighted by Crippen LogP contribution is -2.38. The number of nitrogens with zero attached hydrogens (tertiary/aromatic N) is 2. The van der Waals surface area contributed by atoms with Gasteiger partial charge in [-0.1, -0.05) is 40.0 Å². The minimum Gasteiger partial charge on any atom is -0.492 e. The Labute approximate surface area is 217 Å². The summed E-state index contributed by atoms with van der Waals surface area (Å²) < 4.78 is 38.8. The van der Waals surface area contributed by atoms with Gasteiger partial charge in [0, 0.05) is 43.1 Å². The van der Waals surface area contributed by atoms with Crippen LogP contribution in [0.4, 0.5) is 0 Å². The maximum atomic E-state index is 12.5. The molecule has 36 heavy (non-hydrogen) atoms. The Balaban J connectivity index is 1.69. The molecule has 1 aliphatic carbocycles. The number of rotatable bonds is 8. The largest absolute Gasteiger partial charge is 0.492 e. The summed E-state index contributed by atoms with van der Waals surface area (Å²) in [5, 5.41) is 5.64. The van der Waals surface area contributed by atoms with E-state index in [0.29, 0.717) is 18.2 Å². The van der Waals surface area contributed by atoms with Gasteiger partial charge in [0.2, 0.25) is 10.0 Å². The minimum atomic E-state index is -3.83. The fourth-order valence-electron chi connectivity index (χ4n) is 5.39. The first kappa shape index (κ1) is 27.2. The maximum absolute atomic E-state index is 12.5. The molecule has 2 heterocycles. The molecule has 1 saturated carbocycles. The third-order valence-corrected chi connectivity index (χ3v) is 8.67. The molecule has 0 atom stereocenters. The SMILES string of the molecule is Cc1c(S(N)(=O)=O)cc(-c2cc(OCCN3CCOCC3)cc(C(C)(C)C)c2)n1CC1CCCCC1. The third-order valence-electron chi connectivity index (χ3n) is 7.64. The molecule has 0 unspecified atom stereocenters. The molecule has 1 aliphatic heterocycles. The van der Waals surface area contributed by atoms with E-state index in [1.807, 2.05) is 13.0 Å². The van der Waals surface area contributed by atoms with Crippen molar-refractivity contribution in [2.45, 2.75) is 76.7 Å². The lowest BCUT2D eigenvalue weighted by molar-refractivity contribution is 0.0322. The zero-order chi connectivity index (χ0) is 25.9. The van der Waals surface area contributed by atoms with Crippen LogP contribution in [0.25, 0.3) is 11.3 Å². The standard InChI is InChI=1S/C28H43N3O4S/c1-21-27(36(29,32)33)19-26(31(21)20-22-8-6-5-7-9-22)23-16-24(28(2,3)4)18-25(17-23)35-15-12-30-10-13-34-14-11-30/h16-19,22H,5-15,20H2,1-4H3,(H2,29,32,33). The molecule has 0 bridgehead atoms. The van der Waals surface area contributed by atoms with Crippen molar-refractivity contribution in [3.8, 4) is 17.0 Å². The average Bonchev–Trinajstić information content (AvgIpc) is 3.16. The Morgan fingerprint density at radius 1 is 1.06 bits per heavy atom. The van der Waals surface area contributed by atoms with E-state index in [0.717, 1.165) is 62.0 Å². The predicted octanol–water partition coefficient (Wildman–Crippen LogP) is 4.70. The van der Waals surface area contributed by atoms with E-state index in [9.17, 15) is 8.42 Å². The summed E-state index contributed by atoms with van der Waals surface area (Å²) in [6, 6.07) is 8.10. The number of nitrogens with two attached hydrogens (primary N) is 1. The molecule has 7 nitrogen and oxygen atoms in total. The smallest absolute Gasteiger partial charge is 0.239 e. The summed E-state index contributed by atoms with van der Waals surface area (Å²) in [6.45, 7) is 14.1. The molecular weight excluding hydrogens is 474 g/mol. The molecule has 1 aromatic heterocycles. The zero-order valence-corrected chi connectivity index (χ0v) is 23.2. The van der Waals surface area contributed by atoms with Gasteiger partial charge in [0.15, 0.2) is 0 Å². The molecule has 2 aliphatic rings. The van der Waals surface area contributed by atoms with E-state index in [1.54, 1.807) is 6.07 Å². The van der Waals surface area contributed by atoms with Crippen LogP contribution in [0.3, 0.4) is 0 Å². The summed E-state index contributed by atoms with van der Waals surface area (Å²) in [4.78, 5) is 2.57. The lowest BCUT2D eigenvalue weighted by atomic mass is 9.85. The molecule has 1 aromatic carbocycles. The minimum absolute atomic E-state index is 0.0864. The Morgan fingerprint density at radius 2 is 1.75 bits per heavy atom. The van der Waals surface area contributed by atoms with Crippen LogP contribution in [0, 0.1) is 12.8 Å². The molecule has 2 N–H and O–H groups in total. The van der Waals surface area contributed by atoms with E-state index in [1.165, 1.54) is 32.1 Å². The second-order valence-corrected chi connectivity index (χ2v) is 13.0. The first-order valence-corrected chi connectivity index (χ1v) is 14.9. The fourth-order valence-corrected chi connectivity index (χ4v) is 6.19. The van der Waals surface area contributed by atoms with Crippen molar-refractivity contribution in [3.05, 3.63) is 35.5 Å². The topological polar surface area (TPSA) is 86.8 Å². The number of primary sulfonamides is 1.